The van der Waals surface area contributed by atoms with Crippen LogP contribution in [0.15, 0.2) is 150 Å². The number of rotatable bonds is 9. The molecule has 0 saturated heterocycles. The van der Waals surface area contributed by atoms with Gasteiger partial charge in [0, 0.05) is 47.1 Å². The van der Waals surface area contributed by atoms with Gasteiger partial charge in [-0.25, -0.2) is 0 Å². The van der Waals surface area contributed by atoms with Crippen molar-refractivity contribution in [1.82, 2.24) is 19.5 Å². The molecule has 0 bridgehead atoms. The number of aryl methyl sites for hydroxylation is 2. The second kappa shape index (κ2) is 19.8. The van der Waals surface area contributed by atoms with Crippen LogP contribution in [0, 0.1) is 25.9 Å². The molecule has 0 aliphatic rings. The van der Waals surface area contributed by atoms with Crippen molar-refractivity contribution < 1.29 is 28.6 Å². The van der Waals surface area contributed by atoms with Crippen LogP contribution >= 0.6 is 0 Å². The van der Waals surface area contributed by atoms with Gasteiger partial charge in [0.1, 0.15) is 5.58 Å². The third-order valence-electron chi connectivity index (χ3n) is 12.6. The Morgan fingerprint density at radius 3 is 1.91 bits per heavy atom. The predicted octanol–water partition coefficient (Wildman–Crippen LogP) is 16.2. The summed E-state index contributed by atoms with van der Waals surface area (Å²) in [4.78, 5) is 15.1. The summed E-state index contributed by atoms with van der Waals surface area (Å²) in [5.41, 5.74) is 16.7. The van der Waals surface area contributed by atoms with Crippen LogP contribution in [-0.4, -0.2) is 27.6 Å². The third-order valence-corrected chi connectivity index (χ3v) is 14.7. The number of aromatic nitrogens is 4. The summed E-state index contributed by atoms with van der Waals surface area (Å²) >= 11 is 0. The standard InChI is InChI=1S/C43H36N3O.C18H24NSi.Ir/c1-26(2)35-23-31(29-15-8-6-9-16-29)24-36(27(3)4)41(35)46-38-25-37(30-17-10-7-11-18-30)44-28(5)40(38)45-43(46)34-21-14-20-33-32-19-12-13-22-39(32)47-42(33)34;1-13(2)16-11-17(15-9-7-14(3)8-10-15)19-12-18(16)20(4,5)6;/h6-20,22-27H,1-5H3;7-9,11-13H,1-6H3;/q2*-1;/i;3D3;. The van der Waals surface area contributed by atoms with Crippen molar-refractivity contribution in [3.63, 3.8) is 0 Å². The molecular weight excluding hydrogens is 1030 g/mol. The molecule has 10 rings (SSSR count). The van der Waals surface area contributed by atoms with Gasteiger partial charge in [0.15, 0.2) is 0 Å². The minimum Gasteiger partial charge on any atom is -0.501 e. The normalized spacial score (nSPS) is 12.6. The number of benzene rings is 6. The zero-order chi connectivity index (χ0) is 49.6. The van der Waals surface area contributed by atoms with E-state index in [4.69, 9.17) is 18.5 Å². The van der Waals surface area contributed by atoms with E-state index in [0.717, 1.165) is 72.6 Å². The van der Waals surface area contributed by atoms with Crippen LogP contribution in [0.25, 0.3) is 83.7 Å². The van der Waals surface area contributed by atoms with Crippen molar-refractivity contribution in [2.75, 3.05) is 0 Å². The number of nitrogens with zero attached hydrogens (tertiary/aromatic N) is 4. The van der Waals surface area contributed by atoms with Crippen LogP contribution in [0.5, 0.6) is 0 Å². The van der Waals surface area contributed by atoms with Crippen molar-refractivity contribution in [2.45, 2.75) is 92.7 Å². The number of hydrogen-bond donors (Lipinski definition) is 0. The van der Waals surface area contributed by atoms with Gasteiger partial charge >= 0.3 is 0 Å². The van der Waals surface area contributed by atoms with Gasteiger partial charge in [-0.2, -0.15) is 0 Å². The fraction of sp³-hybridized carbons (Fsp3) is 0.230. The Kier molecular flexibility index (Phi) is 12.9. The molecule has 0 N–H and O–H groups in total. The van der Waals surface area contributed by atoms with Crippen LogP contribution in [0.4, 0.5) is 0 Å². The topological polar surface area (TPSA) is 56.7 Å². The molecule has 10 aromatic rings. The monoisotopic (exact) mass is 1090 g/mol. The molecule has 0 amide bonds. The molecule has 0 aliphatic heterocycles. The van der Waals surface area contributed by atoms with E-state index in [1.807, 2.05) is 30.5 Å². The van der Waals surface area contributed by atoms with Gasteiger partial charge in [-0.15, -0.1) is 53.6 Å². The molecule has 0 aliphatic carbocycles. The molecule has 6 aromatic carbocycles. The number of hydrogen-bond acceptors (Lipinski definition) is 4. The van der Waals surface area contributed by atoms with Crippen LogP contribution < -0.4 is 5.19 Å². The summed E-state index contributed by atoms with van der Waals surface area (Å²) in [6, 6.07) is 54.1. The van der Waals surface area contributed by atoms with Crippen molar-refractivity contribution in [2.24, 2.45) is 0 Å². The Labute approximate surface area is 421 Å². The Morgan fingerprint density at radius 1 is 0.647 bits per heavy atom. The summed E-state index contributed by atoms with van der Waals surface area (Å²) in [5.74, 6) is 1.73. The van der Waals surface area contributed by atoms with Crippen molar-refractivity contribution in [1.29, 1.82) is 0 Å². The average molecular weight is 1090 g/mol. The summed E-state index contributed by atoms with van der Waals surface area (Å²) in [6.07, 6.45) is 2.00. The zero-order valence-corrected chi connectivity index (χ0v) is 44.0. The first-order chi connectivity index (χ1) is 33.4. The van der Waals surface area contributed by atoms with Gasteiger partial charge in [0.25, 0.3) is 0 Å². The van der Waals surface area contributed by atoms with Crippen LogP contribution in [0.1, 0.15) is 91.4 Å². The van der Waals surface area contributed by atoms with Crippen LogP contribution in [0.3, 0.4) is 0 Å². The largest absolute Gasteiger partial charge is 0.501 e. The molecule has 0 atom stereocenters. The first-order valence-electron chi connectivity index (χ1n) is 24.9. The van der Waals surface area contributed by atoms with Gasteiger partial charge < -0.3 is 14.0 Å². The maximum atomic E-state index is 7.44. The fourth-order valence-electron chi connectivity index (χ4n) is 9.16. The molecule has 7 heteroatoms. The van der Waals surface area contributed by atoms with Crippen molar-refractivity contribution in [3.05, 3.63) is 186 Å². The summed E-state index contributed by atoms with van der Waals surface area (Å²) in [7, 11) is -1.45. The molecule has 0 saturated carbocycles. The number of fused-ring (bicyclic) bond motifs is 4. The molecule has 0 spiro atoms. The zero-order valence-electron chi connectivity index (χ0n) is 43.6. The third kappa shape index (κ3) is 9.45. The van der Waals surface area contributed by atoms with Gasteiger partial charge in [-0.1, -0.05) is 169 Å². The maximum absolute atomic E-state index is 7.44. The maximum Gasteiger partial charge on any atom is 0.120 e. The molecule has 68 heavy (non-hydrogen) atoms. The summed E-state index contributed by atoms with van der Waals surface area (Å²) < 4.78 is 31.3. The smallest absolute Gasteiger partial charge is 0.120 e. The van der Waals surface area contributed by atoms with Gasteiger partial charge in [-0.3, -0.25) is 9.97 Å². The number of para-hydroxylation sites is 1. The van der Waals surface area contributed by atoms with E-state index in [-0.39, 0.29) is 31.9 Å². The van der Waals surface area contributed by atoms with E-state index in [1.165, 1.54) is 38.7 Å². The average Bonchev–Trinajstić information content (AvgIpc) is 3.93. The Balaban J connectivity index is 0.000000238. The molecular formula is C61H60IrN4OSi-2. The number of furan rings is 1. The quantitative estimate of drug-likeness (QED) is 0.107. The first kappa shape index (κ1) is 44.3. The first-order valence-corrected chi connectivity index (χ1v) is 26.9. The van der Waals surface area contributed by atoms with E-state index in [1.54, 1.807) is 18.2 Å². The van der Waals surface area contributed by atoms with Gasteiger partial charge in [0.2, 0.25) is 0 Å². The van der Waals surface area contributed by atoms with E-state index < -0.39 is 14.9 Å². The molecule has 4 aromatic heterocycles. The Morgan fingerprint density at radius 2 is 1.29 bits per heavy atom. The molecule has 4 heterocycles. The number of pyridine rings is 2. The van der Waals surface area contributed by atoms with E-state index in [2.05, 4.69) is 187 Å². The Bertz CT molecular complexity index is 3470. The minimum absolute atomic E-state index is 0. The summed E-state index contributed by atoms with van der Waals surface area (Å²) in [5, 5.41) is 3.53. The molecule has 0 unspecified atom stereocenters. The molecule has 5 nitrogen and oxygen atoms in total. The second-order valence-electron chi connectivity index (χ2n) is 19.5. The van der Waals surface area contributed by atoms with E-state index >= 15 is 0 Å². The van der Waals surface area contributed by atoms with Crippen LogP contribution in [-0.2, 0) is 20.1 Å². The molecule has 1 radical (unpaired) electrons. The molecule has 0 fully saturated rings. The van der Waals surface area contributed by atoms with Crippen molar-refractivity contribution >= 4 is 46.2 Å². The van der Waals surface area contributed by atoms with Gasteiger partial charge in [0.05, 0.1) is 41.9 Å². The minimum atomic E-state index is -2.09. The second-order valence-corrected chi connectivity index (χ2v) is 24.6. The van der Waals surface area contributed by atoms with Gasteiger partial charge in [-0.05, 0) is 82.1 Å². The predicted molar refractivity (Wildman–Crippen MR) is 285 cm³/mol. The van der Waals surface area contributed by atoms with Crippen molar-refractivity contribution in [3.8, 4) is 50.7 Å². The van der Waals surface area contributed by atoms with Crippen LogP contribution in [0.2, 0.25) is 19.6 Å². The van der Waals surface area contributed by atoms with E-state index in [0.29, 0.717) is 11.5 Å². The summed E-state index contributed by atoms with van der Waals surface area (Å²) in [6.45, 7) is 20.5. The Hall–Kier alpha value is -6.24. The molecule has 345 valence electrons. The fourth-order valence-corrected chi connectivity index (χ4v) is 10.8. The SMILES string of the molecule is Cc1nc(-c2ccccc2)cc2c1nc(-c1[c-]ccc3c1oc1ccccc13)n2-c1c(C(C)C)cc(-c2ccccc2)cc1C(C)C.[2H]C([2H])([2H])c1c[c-]c(-c2cc(C(C)C)c([Si](C)(C)C)cn2)cc1.[Ir]. The number of imidazole rings is 1. The van der Waals surface area contributed by atoms with E-state index in [9.17, 15) is 0 Å².